The van der Waals surface area contributed by atoms with Crippen molar-refractivity contribution in [1.82, 2.24) is 4.90 Å². The number of anilines is 1. The molecule has 1 saturated carbocycles. The molecule has 5 nitrogen and oxygen atoms in total. The summed E-state index contributed by atoms with van der Waals surface area (Å²) >= 11 is 0. The number of allylic oxidation sites excluding steroid dienone is 2. The Morgan fingerprint density at radius 3 is 2.61 bits per heavy atom. The van der Waals surface area contributed by atoms with E-state index in [9.17, 15) is 22.8 Å². The molecule has 0 aromatic heterocycles. The third kappa shape index (κ3) is 4.16. The molecule has 2 fully saturated rings. The first-order valence-corrected chi connectivity index (χ1v) is 13.3. The maximum atomic E-state index is 13.9. The van der Waals surface area contributed by atoms with Crippen molar-refractivity contribution in [2.45, 2.75) is 75.8 Å². The van der Waals surface area contributed by atoms with Gasteiger partial charge in [-0.15, -0.1) is 0 Å². The molecule has 0 bridgehead atoms. The number of alkyl halides is 3. The van der Waals surface area contributed by atoms with Crippen molar-refractivity contribution in [2.75, 3.05) is 24.5 Å². The van der Waals surface area contributed by atoms with Crippen molar-refractivity contribution in [1.29, 1.82) is 0 Å². The van der Waals surface area contributed by atoms with Crippen molar-refractivity contribution in [3.05, 3.63) is 41.1 Å². The van der Waals surface area contributed by atoms with Crippen LogP contribution < -0.4 is 4.90 Å². The highest BCUT2D eigenvalue weighted by molar-refractivity contribution is 6.13. The molecule has 1 saturated heterocycles. The Labute approximate surface area is 209 Å². The second kappa shape index (κ2) is 8.73. The molecule has 0 radical (unpaired) electrons. The highest BCUT2D eigenvalue weighted by atomic mass is 19.4. The van der Waals surface area contributed by atoms with Gasteiger partial charge in [0.15, 0.2) is 0 Å². The van der Waals surface area contributed by atoms with E-state index < -0.39 is 18.0 Å². The molecule has 2 amide bonds. The van der Waals surface area contributed by atoms with Crippen molar-refractivity contribution in [2.24, 2.45) is 16.8 Å². The topological polar surface area (TPSA) is 53.0 Å². The summed E-state index contributed by atoms with van der Waals surface area (Å²) in [4.78, 5) is 35.1. The van der Waals surface area contributed by atoms with E-state index >= 15 is 0 Å². The predicted molar refractivity (Wildman–Crippen MR) is 131 cm³/mol. The number of hydrogen-bond donors (Lipinski definition) is 0. The number of carbonyl (C=O) groups excluding carboxylic acids is 2. The van der Waals surface area contributed by atoms with Crippen molar-refractivity contribution in [3.63, 3.8) is 0 Å². The van der Waals surface area contributed by atoms with Gasteiger partial charge < -0.3 is 9.80 Å². The molecule has 6 rings (SSSR count). The lowest BCUT2D eigenvalue weighted by Gasteiger charge is -2.47. The van der Waals surface area contributed by atoms with E-state index in [0.717, 1.165) is 67.6 Å². The first-order valence-electron chi connectivity index (χ1n) is 13.3. The van der Waals surface area contributed by atoms with E-state index in [0.29, 0.717) is 26.1 Å². The number of amides is 2. The van der Waals surface area contributed by atoms with E-state index in [1.165, 1.54) is 5.57 Å². The van der Waals surface area contributed by atoms with E-state index in [-0.39, 0.29) is 30.1 Å². The quantitative estimate of drug-likeness (QED) is 0.516. The maximum Gasteiger partial charge on any atom is 0.389 e. The molecule has 1 unspecified atom stereocenters. The predicted octanol–water partition coefficient (Wildman–Crippen LogP) is 5.54. The highest BCUT2D eigenvalue weighted by Crippen LogP contribution is 2.49. The third-order valence-corrected chi connectivity index (χ3v) is 8.65. The first-order chi connectivity index (χ1) is 17.2. The number of aliphatic imine (C=N–C) groups is 1. The largest absolute Gasteiger partial charge is 0.389 e. The Kier molecular flexibility index (Phi) is 5.76. The summed E-state index contributed by atoms with van der Waals surface area (Å²) in [5.41, 5.74) is 4.31. The number of likely N-dealkylation sites (tertiary alicyclic amines) is 1. The Bertz CT molecular complexity index is 1140. The van der Waals surface area contributed by atoms with Gasteiger partial charge in [-0.2, -0.15) is 13.2 Å². The molecular formula is C28H32F3N3O2. The van der Waals surface area contributed by atoms with Gasteiger partial charge in [0.05, 0.1) is 6.54 Å². The van der Waals surface area contributed by atoms with Crippen molar-refractivity contribution >= 4 is 23.2 Å². The van der Waals surface area contributed by atoms with Crippen LogP contribution >= 0.6 is 0 Å². The van der Waals surface area contributed by atoms with Gasteiger partial charge in [-0.05, 0) is 75.0 Å². The molecule has 1 atom stereocenters. The molecule has 5 aliphatic rings. The summed E-state index contributed by atoms with van der Waals surface area (Å²) in [6.07, 6.45) is 2.23. The molecule has 8 heteroatoms. The van der Waals surface area contributed by atoms with Crippen LogP contribution in [-0.2, 0) is 15.0 Å². The fraction of sp³-hybridized carbons (Fsp3) is 0.607. The van der Waals surface area contributed by atoms with Crippen molar-refractivity contribution in [3.8, 4) is 0 Å². The lowest BCUT2D eigenvalue weighted by molar-refractivity contribution is -0.145. The Morgan fingerprint density at radius 2 is 1.86 bits per heavy atom. The molecule has 2 aliphatic carbocycles. The van der Waals surface area contributed by atoms with Crippen LogP contribution in [0.4, 0.5) is 18.9 Å². The van der Waals surface area contributed by atoms with Crippen LogP contribution in [0.1, 0.15) is 69.8 Å². The molecule has 3 heterocycles. The first kappa shape index (κ1) is 23.7. The van der Waals surface area contributed by atoms with Gasteiger partial charge in [0, 0.05) is 48.4 Å². The second-order valence-electron chi connectivity index (χ2n) is 11.2. The number of fused-ring (bicyclic) bond motifs is 2. The Morgan fingerprint density at radius 1 is 1.11 bits per heavy atom. The average molecular weight is 500 g/mol. The molecule has 36 heavy (non-hydrogen) atoms. The van der Waals surface area contributed by atoms with Gasteiger partial charge in [0.25, 0.3) is 0 Å². The molecule has 1 aromatic carbocycles. The number of carbonyl (C=O) groups is 2. The lowest BCUT2D eigenvalue weighted by atomic mass is 9.74. The molecule has 192 valence electrons. The number of hydrogen-bond acceptors (Lipinski definition) is 3. The van der Waals surface area contributed by atoms with E-state index in [4.69, 9.17) is 4.99 Å². The number of halogens is 3. The van der Waals surface area contributed by atoms with Gasteiger partial charge in [-0.25, -0.2) is 0 Å². The average Bonchev–Trinajstić information content (AvgIpc) is 3.63. The molecule has 3 aliphatic heterocycles. The number of benzene rings is 1. The van der Waals surface area contributed by atoms with Gasteiger partial charge in [-0.3, -0.25) is 14.6 Å². The fourth-order valence-electron chi connectivity index (χ4n) is 6.54. The summed E-state index contributed by atoms with van der Waals surface area (Å²) in [6, 6.07) is 7.77. The SMILES string of the molecule is O=C(C1CC1)N1CC2(C1)C(=O)N(CC1=NC3=C(CCCC3)CC1CCCC(F)(F)F)c1ccccc12. The minimum absolute atomic E-state index is 0.0105. The Balaban J connectivity index is 1.25. The van der Waals surface area contributed by atoms with Crippen LogP contribution in [0, 0.1) is 11.8 Å². The number of para-hydroxylation sites is 1. The minimum Gasteiger partial charge on any atom is -0.339 e. The highest BCUT2D eigenvalue weighted by Gasteiger charge is 2.60. The second-order valence-corrected chi connectivity index (χ2v) is 11.2. The van der Waals surface area contributed by atoms with Gasteiger partial charge in [0.2, 0.25) is 11.8 Å². The van der Waals surface area contributed by atoms with Crippen LogP contribution in [0.2, 0.25) is 0 Å². The minimum atomic E-state index is -4.16. The standard InChI is InChI=1S/C28H32F3N3O2/c29-28(30,31)13-5-7-20-14-19-6-1-3-9-22(19)32-23(20)15-34-24-10-4-2-8-21(24)27(26(34)36)16-33(17-27)25(35)18-11-12-18/h2,4,8,10,18,20H,1,3,5-7,9,11-17H2. The van der Waals surface area contributed by atoms with E-state index in [1.54, 1.807) is 4.90 Å². The van der Waals surface area contributed by atoms with Crippen LogP contribution in [0.15, 0.2) is 40.5 Å². The summed E-state index contributed by atoms with van der Waals surface area (Å²) in [6.45, 7) is 1.12. The van der Waals surface area contributed by atoms with Crippen LogP contribution in [-0.4, -0.2) is 48.2 Å². The number of nitrogens with zero attached hydrogens (tertiary/aromatic N) is 3. The van der Waals surface area contributed by atoms with Gasteiger partial charge in [0.1, 0.15) is 5.41 Å². The lowest BCUT2D eigenvalue weighted by Crippen LogP contribution is -2.65. The smallest absolute Gasteiger partial charge is 0.339 e. The molecule has 0 N–H and O–H groups in total. The third-order valence-electron chi connectivity index (χ3n) is 8.65. The van der Waals surface area contributed by atoms with Gasteiger partial charge >= 0.3 is 6.18 Å². The van der Waals surface area contributed by atoms with Gasteiger partial charge in [-0.1, -0.05) is 18.2 Å². The maximum absolute atomic E-state index is 13.9. The van der Waals surface area contributed by atoms with Crippen molar-refractivity contribution < 1.29 is 22.8 Å². The normalized spacial score (nSPS) is 25.0. The molecular weight excluding hydrogens is 467 g/mol. The molecule has 1 spiro atoms. The Hall–Kier alpha value is -2.64. The summed E-state index contributed by atoms with van der Waals surface area (Å²) in [7, 11) is 0. The van der Waals surface area contributed by atoms with Crippen LogP contribution in [0.3, 0.4) is 0 Å². The van der Waals surface area contributed by atoms with E-state index in [1.807, 2.05) is 29.2 Å². The van der Waals surface area contributed by atoms with E-state index in [2.05, 4.69) is 0 Å². The molecule has 1 aromatic rings. The zero-order chi connectivity index (χ0) is 25.1. The number of rotatable bonds is 6. The zero-order valence-corrected chi connectivity index (χ0v) is 20.4. The zero-order valence-electron chi connectivity index (χ0n) is 20.4. The fourth-order valence-corrected chi connectivity index (χ4v) is 6.54. The summed E-state index contributed by atoms with van der Waals surface area (Å²) < 4.78 is 38.6. The monoisotopic (exact) mass is 499 g/mol. The summed E-state index contributed by atoms with van der Waals surface area (Å²) in [5.74, 6) is 0.193. The summed E-state index contributed by atoms with van der Waals surface area (Å²) in [5, 5.41) is 0. The van der Waals surface area contributed by atoms with Crippen LogP contribution in [0.25, 0.3) is 0 Å². The van der Waals surface area contributed by atoms with Crippen LogP contribution in [0.5, 0.6) is 0 Å².